The van der Waals surface area contributed by atoms with Crippen molar-refractivity contribution < 1.29 is 14.6 Å². The number of rotatable bonds is 4. The molecule has 1 aromatic rings. The lowest BCUT2D eigenvalue weighted by Crippen LogP contribution is -2.48. The molecule has 3 rings (SSSR count). The van der Waals surface area contributed by atoms with Crippen LogP contribution in [0.1, 0.15) is 49.7 Å². The fraction of sp³-hybridized carbons (Fsp3) is 0.650. The predicted octanol–water partition coefficient (Wildman–Crippen LogP) is 3.05. The molecule has 4 heteroatoms. The van der Waals surface area contributed by atoms with Crippen molar-refractivity contribution in [3.8, 4) is 5.75 Å². The number of aryl methyl sites for hydroxylation is 1. The maximum absolute atomic E-state index is 13.4. The topological polar surface area (TPSA) is 49.8 Å². The molecule has 4 nitrogen and oxygen atoms in total. The van der Waals surface area contributed by atoms with Gasteiger partial charge in [-0.1, -0.05) is 25.0 Å². The Bertz CT molecular complexity index is 585. The minimum atomic E-state index is -0.382. The Morgan fingerprint density at radius 1 is 1.29 bits per heavy atom. The Labute approximate surface area is 144 Å². The lowest BCUT2D eigenvalue weighted by atomic mass is 9.76. The van der Waals surface area contributed by atoms with Gasteiger partial charge in [-0.2, -0.15) is 0 Å². The monoisotopic (exact) mass is 331 g/mol. The largest absolute Gasteiger partial charge is 0.496 e. The molecule has 1 heterocycles. The number of piperidine rings is 1. The average molecular weight is 331 g/mol. The van der Waals surface area contributed by atoms with Gasteiger partial charge in [-0.05, 0) is 55.7 Å². The first-order valence-corrected chi connectivity index (χ1v) is 9.16. The van der Waals surface area contributed by atoms with E-state index in [0.29, 0.717) is 5.92 Å². The zero-order valence-corrected chi connectivity index (χ0v) is 14.9. The lowest BCUT2D eigenvalue weighted by molar-refractivity contribution is -0.139. The number of methoxy groups -OCH3 is 1. The molecule has 1 amide bonds. The highest BCUT2D eigenvalue weighted by Crippen LogP contribution is 2.44. The van der Waals surface area contributed by atoms with Crippen molar-refractivity contribution in [2.24, 2.45) is 5.92 Å². The number of likely N-dealkylation sites (tertiary alicyclic amines) is 1. The van der Waals surface area contributed by atoms with E-state index in [-0.39, 0.29) is 17.9 Å². The summed E-state index contributed by atoms with van der Waals surface area (Å²) in [5, 5.41) is 9.32. The lowest BCUT2D eigenvalue weighted by Gasteiger charge is -2.38. The van der Waals surface area contributed by atoms with E-state index in [4.69, 9.17) is 4.74 Å². The van der Waals surface area contributed by atoms with E-state index in [1.54, 1.807) is 7.11 Å². The van der Waals surface area contributed by atoms with Crippen LogP contribution in [0.5, 0.6) is 5.75 Å². The van der Waals surface area contributed by atoms with Gasteiger partial charge in [0.1, 0.15) is 5.75 Å². The van der Waals surface area contributed by atoms with Gasteiger partial charge >= 0.3 is 0 Å². The minimum Gasteiger partial charge on any atom is -0.496 e. The molecular weight excluding hydrogens is 302 g/mol. The number of aliphatic hydroxyl groups is 1. The Kier molecular flexibility index (Phi) is 5.14. The van der Waals surface area contributed by atoms with E-state index in [2.05, 4.69) is 18.2 Å². The van der Waals surface area contributed by atoms with Crippen LogP contribution < -0.4 is 4.74 Å². The van der Waals surface area contributed by atoms with Gasteiger partial charge in [0.05, 0.1) is 12.5 Å². The van der Waals surface area contributed by atoms with Crippen LogP contribution in [0, 0.1) is 12.8 Å². The number of hydrogen-bond acceptors (Lipinski definition) is 3. The molecule has 0 bridgehead atoms. The average Bonchev–Trinajstić information content (AvgIpc) is 3.12. The summed E-state index contributed by atoms with van der Waals surface area (Å²) in [7, 11) is 1.69. The van der Waals surface area contributed by atoms with Crippen LogP contribution in [0.2, 0.25) is 0 Å². The van der Waals surface area contributed by atoms with Gasteiger partial charge < -0.3 is 14.7 Å². The molecule has 2 aliphatic rings. The smallest absolute Gasteiger partial charge is 0.233 e. The van der Waals surface area contributed by atoms with Gasteiger partial charge in [-0.15, -0.1) is 0 Å². The first-order valence-electron chi connectivity index (χ1n) is 9.16. The molecule has 1 aliphatic heterocycles. The molecule has 1 aromatic carbocycles. The highest BCUT2D eigenvalue weighted by Gasteiger charge is 2.45. The van der Waals surface area contributed by atoms with Gasteiger partial charge in [-0.3, -0.25) is 4.79 Å². The number of amides is 1. The Hall–Kier alpha value is -1.55. The van der Waals surface area contributed by atoms with E-state index in [0.717, 1.165) is 68.5 Å². The Balaban J connectivity index is 1.87. The summed E-state index contributed by atoms with van der Waals surface area (Å²) >= 11 is 0. The van der Waals surface area contributed by atoms with Crippen LogP contribution in [-0.4, -0.2) is 42.7 Å². The standard InChI is InChI=1S/C20H29NO3/c1-15-5-6-17(13-18(15)24-2)20(9-3-4-10-20)19(23)21-11-7-16(14-22)8-12-21/h5-6,13,16,22H,3-4,7-12,14H2,1-2H3. The second-order valence-corrected chi connectivity index (χ2v) is 7.39. The SMILES string of the molecule is COc1cc(C2(C(=O)N3CCC(CO)CC3)CCCC2)ccc1C. The molecule has 0 aromatic heterocycles. The quantitative estimate of drug-likeness (QED) is 0.922. The molecule has 0 radical (unpaired) electrons. The highest BCUT2D eigenvalue weighted by atomic mass is 16.5. The van der Waals surface area contributed by atoms with Crippen molar-refractivity contribution in [3.63, 3.8) is 0 Å². The first-order chi connectivity index (χ1) is 11.6. The predicted molar refractivity (Wildman–Crippen MR) is 94.3 cm³/mol. The number of ether oxygens (including phenoxy) is 1. The van der Waals surface area contributed by atoms with Crippen molar-refractivity contribution in [2.45, 2.75) is 50.9 Å². The van der Waals surface area contributed by atoms with Crippen molar-refractivity contribution in [1.29, 1.82) is 0 Å². The molecule has 1 saturated heterocycles. The van der Waals surface area contributed by atoms with Crippen molar-refractivity contribution in [1.82, 2.24) is 4.90 Å². The van der Waals surface area contributed by atoms with E-state index in [1.807, 2.05) is 11.8 Å². The number of benzene rings is 1. The Morgan fingerprint density at radius 2 is 1.96 bits per heavy atom. The fourth-order valence-corrected chi connectivity index (χ4v) is 4.34. The summed E-state index contributed by atoms with van der Waals surface area (Å²) in [6, 6.07) is 6.25. The Morgan fingerprint density at radius 3 is 2.54 bits per heavy atom. The van der Waals surface area contributed by atoms with Crippen molar-refractivity contribution in [2.75, 3.05) is 26.8 Å². The van der Waals surface area contributed by atoms with Crippen LogP contribution >= 0.6 is 0 Å². The van der Waals surface area contributed by atoms with Gasteiger partial charge in [0, 0.05) is 19.7 Å². The molecule has 132 valence electrons. The summed E-state index contributed by atoms with van der Waals surface area (Å²) in [5.74, 6) is 1.50. The van der Waals surface area contributed by atoms with Crippen LogP contribution in [0.15, 0.2) is 18.2 Å². The van der Waals surface area contributed by atoms with Crippen LogP contribution in [0.3, 0.4) is 0 Å². The third-order valence-electron chi connectivity index (χ3n) is 5.99. The number of aliphatic hydroxyl groups excluding tert-OH is 1. The summed E-state index contributed by atoms with van der Waals surface area (Å²) < 4.78 is 5.49. The maximum atomic E-state index is 13.4. The molecule has 1 aliphatic carbocycles. The van der Waals surface area contributed by atoms with Gasteiger partial charge in [0.15, 0.2) is 0 Å². The maximum Gasteiger partial charge on any atom is 0.233 e. The van der Waals surface area contributed by atoms with Crippen LogP contribution in [0.25, 0.3) is 0 Å². The van der Waals surface area contributed by atoms with Crippen molar-refractivity contribution >= 4 is 5.91 Å². The van der Waals surface area contributed by atoms with E-state index in [9.17, 15) is 9.90 Å². The zero-order chi connectivity index (χ0) is 17.2. The second kappa shape index (κ2) is 7.14. The molecule has 0 spiro atoms. The first kappa shape index (κ1) is 17.3. The molecule has 0 unspecified atom stereocenters. The second-order valence-electron chi connectivity index (χ2n) is 7.39. The van der Waals surface area contributed by atoms with Gasteiger partial charge in [0.2, 0.25) is 5.91 Å². The molecule has 1 saturated carbocycles. The third-order valence-corrected chi connectivity index (χ3v) is 5.99. The summed E-state index contributed by atoms with van der Waals surface area (Å²) in [6.45, 7) is 3.82. The van der Waals surface area contributed by atoms with Crippen LogP contribution in [-0.2, 0) is 10.2 Å². The highest BCUT2D eigenvalue weighted by molar-refractivity contribution is 5.89. The summed E-state index contributed by atoms with van der Waals surface area (Å²) in [6.07, 6.45) is 5.89. The normalized spacial score (nSPS) is 21.0. The van der Waals surface area contributed by atoms with Gasteiger partial charge in [-0.25, -0.2) is 0 Å². The zero-order valence-electron chi connectivity index (χ0n) is 14.9. The number of hydrogen-bond donors (Lipinski definition) is 1. The minimum absolute atomic E-state index is 0.238. The number of carbonyl (C=O) groups is 1. The van der Waals surface area contributed by atoms with E-state index in [1.165, 1.54) is 0 Å². The number of carbonyl (C=O) groups excluding carboxylic acids is 1. The van der Waals surface area contributed by atoms with E-state index < -0.39 is 0 Å². The molecular formula is C20H29NO3. The van der Waals surface area contributed by atoms with Crippen molar-refractivity contribution in [3.05, 3.63) is 29.3 Å². The van der Waals surface area contributed by atoms with Crippen LogP contribution in [0.4, 0.5) is 0 Å². The summed E-state index contributed by atoms with van der Waals surface area (Å²) in [5.41, 5.74) is 1.83. The molecule has 0 atom stereocenters. The summed E-state index contributed by atoms with van der Waals surface area (Å²) in [4.78, 5) is 15.5. The third kappa shape index (κ3) is 3.04. The number of nitrogens with zero attached hydrogens (tertiary/aromatic N) is 1. The molecule has 2 fully saturated rings. The van der Waals surface area contributed by atoms with Gasteiger partial charge in [0.25, 0.3) is 0 Å². The fourth-order valence-electron chi connectivity index (χ4n) is 4.34. The molecule has 1 N–H and O–H groups in total. The van der Waals surface area contributed by atoms with E-state index >= 15 is 0 Å². The molecule has 24 heavy (non-hydrogen) atoms.